The summed E-state index contributed by atoms with van der Waals surface area (Å²) in [4.78, 5) is 0. The largest absolute Gasteiger partial charge is 0.492 e. The van der Waals surface area contributed by atoms with Crippen LogP contribution in [0.1, 0.15) is 12.0 Å². The third-order valence-corrected chi connectivity index (χ3v) is 2.33. The van der Waals surface area contributed by atoms with E-state index in [1.165, 1.54) is 5.56 Å². The summed E-state index contributed by atoms with van der Waals surface area (Å²) >= 11 is 0. The van der Waals surface area contributed by atoms with Crippen molar-refractivity contribution in [3.8, 4) is 5.75 Å². The Bertz CT molecular complexity index is 289. The molecular formula is C12H19NO2. The van der Waals surface area contributed by atoms with Gasteiger partial charge in [0.15, 0.2) is 0 Å². The van der Waals surface area contributed by atoms with Crippen LogP contribution < -0.4 is 10.1 Å². The van der Waals surface area contributed by atoms with Gasteiger partial charge in [-0.2, -0.15) is 0 Å². The van der Waals surface area contributed by atoms with E-state index in [1.54, 1.807) is 0 Å². The van der Waals surface area contributed by atoms with Crippen molar-refractivity contribution in [2.75, 3.05) is 20.3 Å². The molecular weight excluding hydrogens is 190 g/mol. The Balaban J connectivity index is 2.41. The van der Waals surface area contributed by atoms with Crippen LogP contribution in [0, 0.1) is 6.92 Å². The molecule has 0 aliphatic heterocycles. The zero-order chi connectivity index (χ0) is 11.1. The molecule has 0 spiro atoms. The topological polar surface area (TPSA) is 41.5 Å². The van der Waals surface area contributed by atoms with Crippen molar-refractivity contribution in [2.45, 2.75) is 19.4 Å². The van der Waals surface area contributed by atoms with E-state index in [-0.39, 0.29) is 12.6 Å². The van der Waals surface area contributed by atoms with Gasteiger partial charge in [0.05, 0.1) is 0 Å². The Labute approximate surface area is 91.1 Å². The molecule has 0 heterocycles. The summed E-state index contributed by atoms with van der Waals surface area (Å²) in [5.74, 6) is 0.883. The first kappa shape index (κ1) is 12.0. The van der Waals surface area contributed by atoms with Crippen LogP contribution in [-0.4, -0.2) is 31.4 Å². The Morgan fingerprint density at radius 1 is 1.47 bits per heavy atom. The van der Waals surface area contributed by atoms with Crippen LogP contribution in [0.5, 0.6) is 5.75 Å². The van der Waals surface area contributed by atoms with Gasteiger partial charge in [-0.25, -0.2) is 0 Å². The van der Waals surface area contributed by atoms with Crippen LogP contribution in [0.25, 0.3) is 0 Å². The Hall–Kier alpha value is -1.06. The van der Waals surface area contributed by atoms with Gasteiger partial charge in [0, 0.05) is 12.6 Å². The number of benzene rings is 1. The fourth-order valence-corrected chi connectivity index (χ4v) is 1.37. The maximum absolute atomic E-state index is 8.81. The Morgan fingerprint density at radius 2 is 2.27 bits per heavy atom. The zero-order valence-corrected chi connectivity index (χ0v) is 9.36. The lowest BCUT2D eigenvalue weighted by molar-refractivity contribution is 0.219. The van der Waals surface area contributed by atoms with E-state index in [1.807, 2.05) is 38.2 Å². The highest BCUT2D eigenvalue weighted by Gasteiger charge is 2.05. The first-order valence-corrected chi connectivity index (χ1v) is 5.24. The van der Waals surface area contributed by atoms with E-state index < -0.39 is 0 Å². The second-order valence-electron chi connectivity index (χ2n) is 3.63. The molecule has 0 amide bonds. The maximum Gasteiger partial charge on any atom is 0.119 e. The molecule has 15 heavy (non-hydrogen) atoms. The maximum atomic E-state index is 8.81. The van der Waals surface area contributed by atoms with Crippen LogP contribution in [0.4, 0.5) is 0 Å². The van der Waals surface area contributed by atoms with E-state index in [9.17, 15) is 0 Å². The molecule has 0 radical (unpaired) electrons. The molecule has 0 fully saturated rings. The normalized spacial score (nSPS) is 12.5. The van der Waals surface area contributed by atoms with E-state index in [0.717, 1.165) is 5.75 Å². The molecule has 0 saturated carbocycles. The van der Waals surface area contributed by atoms with E-state index >= 15 is 0 Å². The molecule has 0 aliphatic carbocycles. The number of hydrogen-bond donors (Lipinski definition) is 2. The summed E-state index contributed by atoms with van der Waals surface area (Å²) in [6.45, 7) is 2.80. The Kier molecular flexibility index (Phi) is 5.15. The van der Waals surface area contributed by atoms with Gasteiger partial charge in [-0.1, -0.05) is 12.1 Å². The fraction of sp³-hybridized carbons (Fsp3) is 0.500. The molecule has 1 rings (SSSR count). The minimum Gasteiger partial charge on any atom is -0.492 e. The van der Waals surface area contributed by atoms with Crippen molar-refractivity contribution >= 4 is 0 Å². The lowest BCUT2D eigenvalue weighted by Gasteiger charge is -2.15. The number of nitrogens with one attached hydrogen (secondary N) is 1. The number of hydrogen-bond acceptors (Lipinski definition) is 3. The van der Waals surface area contributed by atoms with Crippen LogP contribution in [-0.2, 0) is 0 Å². The monoisotopic (exact) mass is 209 g/mol. The quantitative estimate of drug-likeness (QED) is 0.743. The molecule has 0 aromatic heterocycles. The second kappa shape index (κ2) is 6.43. The molecule has 1 unspecified atom stereocenters. The molecule has 2 N–H and O–H groups in total. The van der Waals surface area contributed by atoms with Gasteiger partial charge in [-0.05, 0) is 38.1 Å². The van der Waals surface area contributed by atoms with Gasteiger partial charge in [0.25, 0.3) is 0 Å². The summed E-state index contributed by atoms with van der Waals surface area (Å²) < 4.78 is 5.62. The molecule has 1 atom stereocenters. The minimum absolute atomic E-state index is 0.183. The first-order chi connectivity index (χ1) is 7.26. The van der Waals surface area contributed by atoms with Crippen LogP contribution in [0.2, 0.25) is 0 Å². The highest BCUT2D eigenvalue weighted by atomic mass is 16.5. The van der Waals surface area contributed by atoms with Crippen LogP contribution in [0.3, 0.4) is 0 Å². The number of aliphatic hydroxyl groups is 1. The van der Waals surface area contributed by atoms with Crippen LogP contribution in [0.15, 0.2) is 24.3 Å². The van der Waals surface area contributed by atoms with Crippen molar-refractivity contribution < 1.29 is 9.84 Å². The summed E-state index contributed by atoms with van der Waals surface area (Å²) in [5, 5.41) is 11.9. The molecule has 0 bridgehead atoms. The zero-order valence-electron chi connectivity index (χ0n) is 9.36. The highest BCUT2D eigenvalue weighted by molar-refractivity contribution is 5.27. The third-order valence-electron chi connectivity index (χ3n) is 2.33. The average molecular weight is 209 g/mol. The SMILES string of the molecule is CNC(CCO)COc1cccc(C)c1. The van der Waals surface area contributed by atoms with Crippen molar-refractivity contribution in [2.24, 2.45) is 0 Å². The van der Waals surface area contributed by atoms with Crippen LogP contribution >= 0.6 is 0 Å². The Morgan fingerprint density at radius 3 is 2.87 bits per heavy atom. The molecule has 1 aromatic rings. The second-order valence-corrected chi connectivity index (χ2v) is 3.63. The van der Waals surface area contributed by atoms with Crippen molar-refractivity contribution in [1.82, 2.24) is 5.32 Å². The highest BCUT2D eigenvalue weighted by Crippen LogP contribution is 2.12. The van der Waals surface area contributed by atoms with Gasteiger partial charge in [0.1, 0.15) is 12.4 Å². The van der Waals surface area contributed by atoms with Crippen molar-refractivity contribution in [3.63, 3.8) is 0 Å². The summed E-state index contributed by atoms with van der Waals surface area (Å²) in [7, 11) is 1.87. The van der Waals surface area contributed by atoms with Gasteiger partial charge >= 0.3 is 0 Å². The number of ether oxygens (including phenoxy) is 1. The lowest BCUT2D eigenvalue weighted by atomic mass is 10.2. The summed E-state index contributed by atoms with van der Waals surface area (Å²) in [6.07, 6.45) is 0.711. The summed E-state index contributed by atoms with van der Waals surface area (Å²) in [5.41, 5.74) is 1.19. The predicted octanol–water partition coefficient (Wildman–Crippen LogP) is 1.34. The number of rotatable bonds is 6. The van der Waals surface area contributed by atoms with Gasteiger partial charge in [0.2, 0.25) is 0 Å². The first-order valence-electron chi connectivity index (χ1n) is 5.24. The average Bonchev–Trinajstić information content (AvgIpc) is 2.24. The lowest BCUT2D eigenvalue weighted by Crippen LogP contribution is -2.32. The predicted molar refractivity (Wildman–Crippen MR) is 61.2 cm³/mol. The molecule has 3 nitrogen and oxygen atoms in total. The molecule has 0 saturated heterocycles. The van der Waals surface area contributed by atoms with Crippen molar-refractivity contribution in [3.05, 3.63) is 29.8 Å². The smallest absolute Gasteiger partial charge is 0.119 e. The molecule has 84 valence electrons. The number of aliphatic hydroxyl groups excluding tert-OH is 1. The van der Waals surface area contributed by atoms with E-state index in [0.29, 0.717) is 13.0 Å². The number of aryl methyl sites for hydroxylation is 1. The minimum atomic E-state index is 0.183. The standard InChI is InChI=1S/C12H19NO2/c1-10-4-3-5-12(8-10)15-9-11(13-2)6-7-14/h3-5,8,11,13-14H,6-7,9H2,1-2H3. The fourth-order valence-electron chi connectivity index (χ4n) is 1.37. The van der Waals surface area contributed by atoms with E-state index in [2.05, 4.69) is 5.32 Å². The summed E-state index contributed by atoms with van der Waals surface area (Å²) in [6, 6.07) is 8.17. The molecule has 3 heteroatoms. The van der Waals surface area contributed by atoms with Gasteiger partial charge in [-0.3, -0.25) is 0 Å². The van der Waals surface area contributed by atoms with Gasteiger partial charge < -0.3 is 15.2 Å². The van der Waals surface area contributed by atoms with Crippen molar-refractivity contribution in [1.29, 1.82) is 0 Å². The van der Waals surface area contributed by atoms with Gasteiger partial charge in [-0.15, -0.1) is 0 Å². The molecule has 1 aromatic carbocycles. The number of likely N-dealkylation sites (N-methyl/N-ethyl adjacent to an activating group) is 1. The molecule has 0 aliphatic rings. The van der Waals surface area contributed by atoms with E-state index in [4.69, 9.17) is 9.84 Å². The third kappa shape index (κ3) is 4.32.